The fraction of sp³-hybridized carbons (Fsp3) is 0.889. The molecule has 2 fully saturated rings. The highest BCUT2D eigenvalue weighted by atomic mass is 16.6. The van der Waals surface area contributed by atoms with Crippen LogP contribution in [0.1, 0.15) is 20.3 Å². The lowest BCUT2D eigenvalue weighted by Gasteiger charge is -2.27. The number of piperidine rings is 1. The van der Waals surface area contributed by atoms with Gasteiger partial charge in [0.15, 0.2) is 0 Å². The maximum atomic E-state index is 11.0. The number of nitro groups is 1. The zero-order valence-corrected chi connectivity index (χ0v) is 8.34. The minimum atomic E-state index is -0.810. The quantitative estimate of drug-likeness (QED) is 0.377. The predicted octanol–water partition coefficient (Wildman–Crippen LogP) is 0.518. The number of carbonyl (C=O) groups excluding carboxylic acids is 1. The number of carbonyl (C=O) groups is 1. The van der Waals surface area contributed by atoms with E-state index in [1.807, 2.05) is 13.8 Å². The topological polar surface area (TPSA) is 63.5 Å². The van der Waals surface area contributed by atoms with Crippen LogP contribution < -0.4 is 0 Å². The minimum absolute atomic E-state index is 0.0927. The molecule has 3 atom stereocenters. The van der Waals surface area contributed by atoms with Gasteiger partial charge in [-0.1, -0.05) is 13.8 Å². The van der Waals surface area contributed by atoms with Crippen LogP contribution in [0.15, 0.2) is 0 Å². The molecule has 0 N–H and O–H groups in total. The molecule has 5 heteroatoms. The van der Waals surface area contributed by atoms with E-state index in [-0.39, 0.29) is 22.8 Å². The zero-order valence-electron chi connectivity index (χ0n) is 8.34. The third kappa shape index (κ3) is 0.923. The van der Waals surface area contributed by atoms with Gasteiger partial charge in [0, 0.05) is 17.9 Å². The van der Waals surface area contributed by atoms with E-state index in [9.17, 15) is 14.9 Å². The summed E-state index contributed by atoms with van der Waals surface area (Å²) in [6, 6.07) is -0.208. The van der Waals surface area contributed by atoms with Crippen molar-refractivity contribution in [3.05, 3.63) is 10.1 Å². The van der Waals surface area contributed by atoms with Crippen molar-refractivity contribution in [2.45, 2.75) is 31.8 Å². The van der Waals surface area contributed by atoms with Crippen molar-refractivity contribution in [1.29, 1.82) is 0 Å². The van der Waals surface area contributed by atoms with Gasteiger partial charge < -0.3 is 4.90 Å². The molecule has 0 aromatic carbocycles. The normalized spacial score (nSPS) is 39.8. The highest BCUT2D eigenvalue weighted by Gasteiger charge is 2.76. The van der Waals surface area contributed by atoms with Crippen molar-refractivity contribution in [3.63, 3.8) is 0 Å². The molecule has 2 aliphatic rings. The van der Waals surface area contributed by atoms with Crippen molar-refractivity contribution in [2.75, 3.05) is 6.54 Å². The van der Waals surface area contributed by atoms with Crippen LogP contribution in [0.4, 0.5) is 0 Å². The second-order valence-corrected chi connectivity index (χ2v) is 4.64. The molecule has 1 aliphatic heterocycles. The molecule has 0 aromatic rings. The Morgan fingerprint density at radius 1 is 1.64 bits per heavy atom. The maximum absolute atomic E-state index is 11.0. The van der Waals surface area contributed by atoms with Crippen LogP contribution in [0.2, 0.25) is 0 Å². The molecule has 14 heavy (non-hydrogen) atoms. The smallest absolute Gasteiger partial charge is 0.247 e. The molecule has 1 saturated heterocycles. The van der Waals surface area contributed by atoms with Gasteiger partial charge in [-0.15, -0.1) is 0 Å². The van der Waals surface area contributed by atoms with Crippen molar-refractivity contribution < 1.29 is 9.72 Å². The van der Waals surface area contributed by atoms with E-state index >= 15 is 0 Å². The lowest BCUT2D eigenvalue weighted by Crippen LogP contribution is -2.46. The third-order valence-corrected chi connectivity index (χ3v) is 3.53. The monoisotopic (exact) mass is 198 g/mol. The molecular weight excluding hydrogens is 184 g/mol. The van der Waals surface area contributed by atoms with E-state index < -0.39 is 5.54 Å². The number of nitrogens with zero attached hydrogens (tertiary/aromatic N) is 2. The molecule has 5 nitrogen and oxygen atoms in total. The van der Waals surface area contributed by atoms with Crippen LogP contribution in [-0.4, -0.2) is 34.4 Å². The molecular formula is C9H14N2O3. The van der Waals surface area contributed by atoms with E-state index in [2.05, 4.69) is 0 Å². The standard InChI is InChI=1S/C9H14N2O3/c1-6(2)8-9(11(13)14)3-7(9)4-10(8)5-12/h5-8H,3-4H2,1-2H3/t7-,8+,9+/m1/s1. The van der Waals surface area contributed by atoms with E-state index in [1.165, 1.54) is 0 Å². The Morgan fingerprint density at radius 2 is 2.29 bits per heavy atom. The van der Waals surface area contributed by atoms with E-state index in [0.29, 0.717) is 13.0 Å². The molecule has 0 spiro atoms. The molecule has 0 aromatic heterocycles. The van der Waals surface area contributed by atoms with Crippen LogP contribution in [0.5, 0.6) is 0 Å². The highest BCUT2D eigenvalue weighted by molar-refractivity contribution is 5.51. The molecule has 1 heterocycles. The summed E-state index contributed by atoms with van der Waals surface area (Å²) in [5.74, 6) is 0.244. The van der Waals surface area contributed by atoms with Gasteiger partial charge in [0.25, 0.3) is 0 Å². The first-order chi connectivity index (χ1) is 6.54. The lowest BCUT2D eigenvalue weighted by molar-refractivity contribution is -0.546. The number of fused-ring (bicyclic) bond motifs is 1. The molecule has 1 amide bonds. The van der Waals surface area contributed by atoms with Gasteiger partial charge in [0.1, 0.15) is 6.04 Å². The second-order valence-electron chi connectivity index (χ2n) is 4.64. The number of hydrogen-bond acceptors (Lipinski definition) is 3. The highest BCUT2D eigenvalue weighted by Crippen LogP contribution is 2.57. The Hall–Kier alpha value is -1.13. The SMILES string of the molecule is CC(C)[C@@H]1N(C=O)C[C@H]2C[C@]21[N+](=O)[O-]. The average Bonchev–Trinajstić information content (AvgIpc) is 2.72. The molecule has 1 saturated carbocycles. The third-order valence-electron chi connectivity index (χ3n) is 3.53. The van der Waals surface area contributed by atoms with Crippen LogP contribution in [0.3, 0.4) is 0 Å². The Balaban J connectivity index is 2.30. The molecule has 0 unspecified atom stereocenters. The second kappa shape index (κ2) is 2.68. The average molecular weight is 198 g/mol. The molecule has 0 bridgehead atoms. The Morgan fingerprint density at radius 3 is 2.71 bits per heavy atom. The summed E-state index contributed by atoms with van der Waals surface area (Å²) < 4.78 is 0. The van der Waals surface area contributed by atoms with Crippen molar-refractivity contribution in [3.8, 4) is 0 Å². The van der Waals surface area contributed by atoms with E-state index in [0.717, 1.165) is 6.41 Å². The number of hydrogen-bond donors (Lipinski definition) is 0. The summed E-state index contributed by atoms with van der Waals surface area (Å²) in [7, 11) is 0. The summed E-state index contributed by atoms with van der Waals surface area (Å²) in [6.07, 6.45) is 1.40. The lowest BCUT2D eigenvalue weighted by atomic mass is 9.95. The van der Waals surface area contributed by atoms with Gasteiger partial charge in [0.2, 0.25) is 11.9 Å². The van der Waals surface area contributed by atoms with Gasteiger partial charge in [-0.2, -0.15) is 0 Å². The van der Waals surface area contributed by atoms with Crippen LogP contribution in [0.25, 0.3) is 0 Å². The van der Waals surface area contributed by atoms with Crippen LogP contribution >= 0.6 is 0 Å². The summed E-state index contributed by atoms with van der Waals surface area (Å²) >= 11 is 0. The van der Waals surface area contributed by atoms with Gasteiger partial charge >= 0.3 is 0 Å². The fourth-order valence-electron chi connectivity index (χ4n) is 2.98. The van der Waals surface area contributed by atoms with E-state index in [1.54, 1.807) is 4.90 Å². The summed E-state index contributed by atoms with van der Waals surface area (Å²) in [6.45, 7) is 4.44. The molecule has 78 valence electrons. The Kier molecular flexibility index (Phi) is 1.81. The zero-order chi connectivity index (χ0) is 10.5. The number of likely N-dealkylation sites (tertiary alicyclic amines) is 1. The first-order valence-corrected chi connectivity index (χ1v) is 4.89. The van der Waals surface area contributed by atoms with Gasteiger partial charge in [-0.25, -0.2) is 0 Å². The van der Waals surface area contributed by atoms with Crippen molar-refractivity contribution >= 4 is 6.41 Å². The molecule has 0 radical (unpaired) electrons. The first-order valence-electron chi connectivity index (χ1n) is 4.89. The molecule has 1 aliphatic carbocycles. The van der Waals surface area contributed by atoms with Crippen LogP contribution in [0, 0.1) is 22.0 Å². The molecule has 2 rings (SSSR count). The van der Waals surface area contributed by atoms with Gasteiger partial charge in [-0.3, -0.25) is 14.9 Å². The van der Waals surface area contributed by atoms with E-state index in [4.69, 9.17) is 0 Å². The predicted molar refractivity (Wildman–Crippen MR) is 49.2 cm³/mol. The van der Waals surface area contributed by atoms with Crippen molar-refractivity contribution in [1.82, 2.24) is 4.90 Å². The Bertz CT molecular complexity index is 292. The van der Waals surface area contributed by atoms with Gasteiger partial charge in [0.05, 0.1) is 5.92 Å². The van der Waals surface area contributed by atoms with Crippen LogP contribution in [-0.2, 0) is 4.79 Å². The van der Waals surface area contributed by atoms with Crippen molar-refractivity contribution in [2.24, 2.45) is 11.8 Å². The maximum Gasteiger partial charge on any atom is 0.247 e. The summed E-state index contributed by atoms with van der Waals surface area (Å²) in [5.41, 5.74) is -0.810. The number of amides is 1. The number of rotatable bonds is 3. The summed E-state index contributed by atoms with van der Waals surface area (Å²) in [4.78, 5) is 23.2. The Labute approximate surface area is 82.2 Å². The first kappa shape index (κ1) is 9.43. The largest absolute Gasteiger partial charge is 0.334 e. The van der Waals surface area contributed by atoms with Gasteiger partial charge in [-0.05, 0) is 5.92 Å². The summed E-state index contributed by atoms with van der Waals surface area (Å²) in [5, 5.41) is 11.0. The minimum Gasteiger partial charge on any atom is -0.334 e. The fourth-order valence-corrected chi connectivity index (χ4v) is 2.98.